The maximum Gasteiger partial charge on any atom is 0.300 e. The van der Waals surface area contributed by atoms with Crippen molar-refractivity contribution in [2.45, 2.75) is 32.4 Å². The Bertz CT molecular complexity index is 508. The van der Waals surface area contributed by atoms with Gasteiger partial charge >= 0.3 is 5.91 Å². The van der Waals surface area contributed by atoms with Crippen molar-refractivity contribution < 1.29 is 14.0 Å². The number of hydrazine groups is 1. The Morgan fingerprint density at radius 1 is 1.50 bits per heavy atom. The van der Waals surface area contributed by atoms with Crippen LogP contribution in [0.2, 0.25) is 0 Å². The van der Waals surface area contributed by atoms with Crippen molar-refractivity contribution in [2.75, 3.05) is 13.6 Å². The second-order valence-corrected chi connectivity index (χ2v) is 5.18. The molecule has 1 aromatic rings. The molecule has 1 saturated carbocycles. The topological polar surface area (TPSA) is 101 Å². The number of hydrogen-bond acceptors (Lipinski definition) is 5. The van der Waals surface area contributed by atoms with Gasteiger partial charge in [-0.25, -0.2) is 5.84 Å². The van der Waals surface area contributed by atoms with E-state index >= 15 is 0 Å². The van der Waals surface area contributed by atoms with E-state index in [1.165, 1.54) is 0 Å². The van der Waals surface area contributed by atoms with Gasteiger partial charge in [0.1, 0.15) is 5.76 Å². The maximum absolute atomic E-state index is 11.7. The minimum Gasteiger partial charge on any atom is -0.456 e. The van der Waals surface area contributed by atoms with Crippen molar-refractivity contribution in [3.05, 3.63) is 23.2 Å². The van der Waals surface area contributed by atoms with Crippen LogP contribution in [0.15, 0.2) is 10.5 Å². The zero-order valence-corrected chi connectivity index (χ0v) is 11.7. The second-order valence-electron chi connectivity index (χ2n) is 5.18. The Hall–Kier alpha value is -1.86. The van der Waals surface area contributed by atoms with Gasteiger partial charge < -0.3 is 9.73 Å². The lowest BCUT2D eigenvalue weighted by Gasteiger charge is -2.15. The summed E-state index contributed by atoms with van der Waals surface area (Å²) in [6, 6.07) is 2.01. The number of rotatable bonds is 6. The fourth-order valence-corrected chi connectivity index (χ4v) is 1.95. The third-order valence-corrected chi connectivity index (χ3v) is 3.17. The molecule has 2 amide bonds. The quantitative estimate of drug-likeness (QED) is 0.384. The Kier molecular flexibility index (Phi) is 4.41. The number of nitrogens with one attached hydrogen (secondary N) is 2. The number of aryl methyl sites for hydroxylation is 1. The van der Waals surface area contributed by atoms with Gasteiger partial charge in [-0.2, -0.15) is 0 Å². The Morgan fingerprint density at radius 2 is 2.20 bits per heavy atom. The number of nitrogens with two attached hydrogens (primary N) is 1. The zero-order chi connectivity index (χ0) is 14.7. The monoisotopic (exact) mass is 280 g/mol. The van der Waals surface area contributed by atoms with Gasteiger partial charge in [-0.15, -0.1) is 0 Å². The minimum absolute atomic E-state index is 0.0241. The van der Waals surface area contributed by atoms with Gasteiger partial charge in [0.2, 0.25) is 5.91 Å². The van der Waals surface area contributed by atoms with Gasteiger partial charge in [0.05, 0.1) is 6.54 Å². The summed E-state index contributed by atoms with van der Waals surface area (Å²) < 4.78 is 5.33. The van der Waals surface area contributed by atoms with E-state index in [2.05, 4.69) is 5.32 Å². The lowest BCUT2D eigenvalue weighted by molar-refractivity contribution is -0.122. The summed E-state index contributed by atoms with van der Waals surface area (Å²) in [5.41, 5.74) is 2.89. The van der Waals surface area contributed by atoms with Crippen LogP contribution in [-0.4, -0.2) is 36.3 Å². The van der Waals surface area contributed by atoms with Gasteiger partial charge in [-0.05, 0) is 32.9 Å². The van der Waals surface area contributed by atoms with Crippen LogP contribution in [-0.2, 0) is 11.3 Å². The smallest absolute Gasteiger partial charge is 0.300 e. The SMILES string of the molecule is Cc1oc(C(=O)NN)cc1CN(C)CC(=O)NC1CC1. The second kappa shape index (κ2) is 6.06. The molecule has 1 aliphatic rings. The van der Waals surface area contributed by atoms with Gasteiger partial charge in [0.15, 0.2) is 5.76 Å². The number of furan rings is 1. The van der Waals surface area contributed by atoms with E-state index < -0.39 is 5.91 Å². The Balaban J connectivity index is 1.89. The zero-order valence-electron chi connectivity index (χ0n) is 11.7. The fraction of sp³-hybridized carbons (Fsp3) is 0.538. The van der Waals surface area contributed by atoms with Crippen molar-refractivity contribution in [1.82, 2.24) is 15.6 Å². The molecule has 1 aromatic heterocycles. The van der Waals surface area contributed by atoms with Gasteiger partial charge in [0, 0.05) is 18.2 Å². The van der Waals surface area contributed by atoms with E-state index in [4.69, 9.17) is 10.3 Å². The van der Waals surface area contributed by atoms with Crippen LogP contribution < -0.4 is 16.6 Å². The highest BCUT2D eigenvalue weighted by molar-refractivity contribution is 5.91. The lowest BCUT2D eigenvalue weighted by Crippen LogP contribution is -2.36. The molecule has 110 valence electrons. The van der Waals surface area contributed by atoms with Crippen molar-refractivity contribution in [2.24, 2.45) is 5.84 Å². The highest BCUT2D eigenvalue weighted by Crippen LogP contribution is 2.19. The number of nitrogen functional groups attached to an aromatic ring is 1. The number of likely N-dealkylation sites (N-methyl/N-ethyl adjacent to an activating group) is 1. The molecule has 0 saturated heterocycles. The summed E-state index contributed by atoms with van der Waals surface area (Å²) in [7, 11) is 1.85. The third kappa shape index (κ3) is 3.82. The van der Waals surface area contributed by atoms with Crippen LogP contribution in [0.25, 0.3) is 0 Å². The highest BCUT2D eigenvalue weighted by atomic mass is 16.4. The molecule has 0 bridgehead atoms. The van der Waals surface area contributed by atoms with E-state index in [1.54, 1.807) is 13.0 Å². The van der Waals surface area contributed by atoms with E-state index in [9.17, 15) is 9.59 Å². The Labute approximate surface area is 117 Å². The number of amides is 2. The summed E-state index contributed by atoms with van der Waals surface area (Å²) in [6.45, 7) is 2.63. The number of carbonyl (C=O) groups excluding carboxylic acids is 2. The predicted molar refractivity (Wildman–Crippen MR) is 72.6 cm³/mol. The molecule has 7 heteroatoms. The molecule has 2 rings (SSSR count). The molecule has 4 N–H and O–H groups in total. The normalized spacial score (nSPS) is 14.4. The summed E-state index contributed by atoms with van der Waals surface area (Å²) in [6.07, 6.45) is 2.15. The molecule has 20 heavy (non-hydrogen) atoms. The molecule has 0 aromatic carbocycles. The summed E-state index contributed by atoms with van der Waals surface area (Å²) in [4.78, 5) is 24.9. The largest absolute Gasteiger partial charge is 0.456 e. The van der Waals surface area contributed by atoms with Crippen LogP contribution in [0.5, 0.6) is 0 Å². The molecule has 1 aliphatic carbocycles. The first-order chi connectivity index (χ1) is 9.49. The van der Waals surface area contributed by atoms with Crippen molar-refractivity contribution in [3.8, 4) is 0 Å². The van der Waals surface area contributed by atoms with Crippen molar-refractivity contribution in [3.63, 3.8) is 0 Å². The molecular weight excluding hydrogens is 260 g/mol. The molecule has 7 nitrogen and oxygen atoms in total. The van der Waals surface area contributed by atoms with Gasteiger partial charge in [-0.3, -0.25) is 19.9 Å². The first kappa shape index (κ1) is 14.5. The summed E-state index contributed by atoms with van der Waals surface area (Å²) in [5.74, 6) is 5.45. The third-order valence-electron chi connectivity index (χ3n) is 3.17. The highest BCUT2D eigenvalue weighted by Gasteiger charge is 2.23. The van der Waals surface area contributed by atoms with Crippen LogP contribution in [0.1, 0.15) is 34.7 Å². The maximum atomic E-state index is 11.7. The molecule has 0 unspecified atom stereocenters. The molecule has 1 fully saturated rings. The van der Waals surface area contributed by atoms with E-state index in [1.807, 2.05) is 17.4 Å². The molecule has 0 spiro atoms. The summed E-state index contributed by atoms with van der Waals surface area (Å²) in [5, 5.41) is 2.93. The minimum atomic E-state index is -0.464. The molecule has 0 atom stereocenters. The first-order valence-corrected chi connectivity index (χ1v) is 6.57. The van der Waals surface area contributed by atoms with Gasteiger partial charge in [0.25, 0.3) is 0 Å². The van der Waals surface area contributed by atoms with Crippen molar-refractivity contribution >= 4 is 11.8 Å². The number of nitrogens with zero attached hydrogens (tertiary/aromatic N) is 1. The van der Waals surface area contributed by atoms with Gasteiger partial charge in [-0.1, -0.05) is 0 Å². The lowest BCUT2D eigenvalue weighted by atomic mass is 10.2. The molecule has 1 heterocycles. The molecule has 0 aliphatic heterocycles. The van der Waals surface area contributed by atoms with E-state index in [0.717, 1.165) is 18.4 Å². The van der Waals surface area contributed by atoms with Crippen LogP contribution in [0.3, 0.4) is 0 Å². The molecule has 0 radical (unpaired) electrons. The average molecular weight is 280 g/mol. The average Bonchev–Trinajstić information content (AvgIpc) is 3.12. The summed E-state index contributed by atoms with van der Waals surface area (Å²) >= 11 is 0. The molecular formula is C13H20N4O3. The fourth-order valence-electron chi connectivity index (χ4n) is 1.95. The van der Waals surface area contributed by atoms with E-state index in [-0.39, 0.29) is 11.7 Å². The van der Waals surface area contributed by atoms with E-state index in [0.29, 0.717) is 24.9 Å². The number of hydrogen-bond donors (Lipinski definition) is 3. The van der Waals surface area contributed by atoms with Crippen LogP contribution >= 0.6 is 0 Å². The standard InChI is InChI=1S/C13H20N4O3/c1-8-9(5-11(20-8)13(19)16-14)6-17(2)7-12(18)15-10-3-4-10/h5,10H,3-4,6-7,14H2,1-2H3,(H,15,18)(H,16,19). The Morgan fingerprint density at radius 3 is 2.80 bits per heavy atom. The predicted octanol–water partition coefficient (Wildman–Crippen LogP) is -0.0981. The number of carbonyl (C=O) groups is 2. The van der Waals surface area contributed by atoms with Crippen molar-refractivity contribution in [1.29, 1.82) is 0 Å². The van der Waals surface area contributed by atoms with Crippen LogP contribution in [0.4, 0.5) is 0 Å². The first-order valence-electron chi connectivity index (χ1n) is 6.57. The van der Waals surface area contributed by atoms with Crippen LogP contribution in [0, 0.1) is 6.92 Å².